The molecule has 0 saturated carbocycles. The molecule has 2 rings (SSSR count). The molecular formula is C10H8BrClF2N4. The van der Waals surface area contributed by atoms with E-state index in [1.165, 1.54) is 4.68 Å². The quantitative estimate of drug-likeness (QED) is 0.857. The number of rotatable bonds is 2. The summed E-state index contributed by atoms with van der Waals surface area (Å²) >= 11 is 8.64. The van der Waals surface area contributed by atoms with E-state index in [0.717, 1.165) is 12.1 Å². The minimum Gasteiger partial charge on any atom is -0.319 e. The van der Waals surface area contributed by atoms with E-state index < -0.39 is 17.7 Å². The van der Waals surface area contributed by atoms with E-state index >= 15 is 0 Å². The van der Waals surface area contributed by atoms with Gasteiger partial charge in [0.25, 0.3) is 0 Å². The van der Waals surface area contributed by atoms with Crippen LogP contribution in [0.4, 0.5) is 8.78 Å². The van der Waals surface area contributed by atoms with Gasteiger partial charge in [-0.25, -0.2) is 13.5 Å². The molecule has 4 nitrogen and oxygen atoms in total. The van der Waals surface area contributed by atoms with Crippen LogP contribution in [0.2, 0.25) is 5.02 Å². The van der Waals surface area contributed by atoms with Crippen LogP contribution in [0.1, 0.15) is 17.3 Å². The summed E-state index contributed by atoms with van der Waals surface area (Å²) < 4.78 is 28.9. The highest BCUT2D eigenvalue weighted by Crippen LogP contribution is 2.29. The van der Waals surface area contributed by atoms with Crippen molar-refractivity contribution in [1.29, 1.82) is 0 Å². The fourth-order valence-electron chi connectivity index (χ4n) is 1.59. The Kier molecular flexibility index (Phi) is 3.65. The highest BCUT2D eigenvalue weighted by molar-refractivity contribution is 9.10. The topological polar surface area (TPSA) is 56.7 Å². The second-order valence-electron chi connectivity index (χ2n) is 3.65. The van der Waals surface area contributed by atoms with Gasteiger partial charge in [-0.15, -0.1) is 5.10 Å². The van der Waals surface area contributed by atoms with Crippen molar-refractivity contribution in [2.45, 2.75) is 6.04 Å². The van der Waals surface area contributed by atoms with E-state index in [2.05, 4.69) is 26.2 Å². The van der Waals surface area contributed by atoms with Gasteiger partial charge in [-0.3, -0.25) is 0 Å². The number of halogens is 4. The Balaban J connectivity index is 2.53. The number of nitrogens with zero attached hydrogens (tertiary/aromatic N) is 3. The monoisotopic (exact) mass is 336 g/mol. The number of aromatic nitrogens is 3. The maximum atomic E-state index is 13.7. The van der Waals surface area contributed by atoms with Gasteiger partial charge in [0.15, 0.2) is 4.60 Å². The van der Waals surface area contributed by atoms with E-state index in [-0.39, 0.29) is 10.6 Å². The number of nitrogens with two attached hydrogens (primary N) is 1. The second-order valence-corrected chi connectivity index (χ2v) is 4.81. The average molecular weight is 338 g/mol. The van der Waals surface area contributed by atoms with Gasteiger partial charge < -0.3 is 5.73 Å². The zero-order valence-corrected chi connectivity index (χ0v) is 11.5. The molecule has 1 heterocycles. The van der Waals surface area contributed by atoms with Crippen molar-refractivity contribution in [2.24, 2.45) is 12.8 Å². The molecular weight excluding hydrogens is 329 g/mol. The van der Waals surface area contributed by atoms with Gasteiger partial charge >= 0.3 is 0 Å². The predicted molar refractivity (Wildman–Crippen MR) is 66.1 cm³/mol. The number of benzene rings is 1. The SMILES string of the molecule is Cn1nnc(Br)c1C(N)c1cc(F)c(Cl)cc1F. The molecule has 0 aliphatic heterocycles. The number of hydrogen-bond donors (Lipinski definition) is 1. The summed E-state index contributed by atoms with van der Waals surface area (Å²) in [6.07, 6.45) is 0. The van der Waals surface area contributed by atoms with Crippen molar-refractivity contribution in [3.8, 4) is 0 Å². The Bertz CT molecular complexity index is 582. The minimum absolute atomic E-state index is 0.0111. The van der Waals surface area contributed by atoms with Gasteiger partial charge in [0.2, 0.25) is 0 Å². The first kappa shape index (κ1) is 13.4. The van der Waals surface area contributed by atoms with Gasteiger partial charge in [-0.05, 0) is 28.1 Å². The molecule has 0 aliphatic carbocycles. The van der Waals surface area contributed by atoms with Crippen LogP contribution in [0.5, 0.6) is 0 Å². The molecule has 2 N–H and O–H groups in total. The normalized spacial score (nSPS) is 12.8. The van der Waals surface area contributed by atoms with E-state index in [4.69, 9.17) is 17.3 Å². The summed E-state index contributed by atoms with van der Waals surface area (Å²) in [6.45, 7) is 0. The van der Waals surface area contributed by atoms with Gasteiger partial charge in [0.1, 0.15) is 11.6 Å². The second kappa shape index (κ2) is 4.91. The fraction of sp³-hybridized carbons (Fsp3) is 0.200. The van der Waals surface area contributed by atoms with Gasteiger partial charge in [0.05, 0.1) is 16.8 Å². The fourth-order valence-corrected chi connectivity index (χ4v) is 2.32. The molecule has 96 valence electrons. The third kappa shape index (κ3) is 2.25. The molecule has 1 aromatic carbocycles. The van der Waals surface area contributed by atoms with Gasteiger partial charge in [-0.2, -0.15) is 0 Å². The zero-order valence-electron chi connectivity index (χ0n) is 9.16. The lowest BCUT2D eigenvalue weighted by molar-refractivity contribution is 0.566. The molecule has 2 aromatic rings. The minimum atomic E-state index is -0.897. The van der Waals surface area contributed by atoms with Crippen molar-refractivity contribution >= 4 is 27.5 Å². The molecule has 0 radical (unpaired) electrons. The van der Waals surface area contributed by atoms with Crippen LogP contribution in [0.25, 0.3) is 0 Å². The van der Waals surface area contributed by atoms with Crippen LogP contribution >= 0.6 is 27.5 Å². The van der Waals surface area contributed by atoms with E-state index in [0.29, 0.717) is 10.3 Å². The van der Waals surface area contributed by atoms with Crippen molar-refractivity contribution < 1.29 is 8.78 Å². The molecule has 1 unspecified atom stereocenters. The summed E-state index contributed by atoms with van der Waals surface area (Å²) in [5, 5.41) is 7.18. The van der Waals surface area contributed by atoms with Crippen LogP contribution < -0.4 is 5.73 Å². The van der Waals surface area contributed by atoms with Crippen molar-refractivity contribution in [3.05, 3.63) is 44.7 Å². The van der Waals surface area contributed by atoms with Gasteiger partial charge in [0, 0.05) is 12.6 Å². The lowest BCUT2D eigenvalue weighted by atomic mass is 10.0. The highest BCUT2D eigenvalue weighted by Gasteiger charge is 2.22. The predicted octanol–water partition coefficient (Wildman–Crippen LogP) is 2.56. The number of hydrogen-bond acceptors (Lipinski definition) is 3. The molecule has 8 heteroatoms. The summed E-state index contributed by atoms with van der Waals surface area (Å²) in [6, 6.07) is 0.970. The molecule has 0 saturated heterocycles. The van der Waals surface area contributed by atoms with Crippen LogP contribution in [-0.2, 0) is 7.05 Å². The van der Waals surface area contributed by atoms with Crippen molar-refractivity contribution in [2.75, 3.05) is 0 Å². The standard InChI is InChI=1S/C10H8BrClF2N4/c1-18-9(10(11)16-17-18)8(15)4-2-7(14)5(12)3-6(4)13/h2-3,8H,15H2,1H3. The van der Waals surface area contributed by atoms with E-state index in [9.17, 15) is 8.78 Å². The molecule has 0 fully saturated rings. The van der Waals surface area contributed by atoms with Crippen LogP contribution in [0, 0.1) is 11.6 Å². The molecule has 0 aliphatic rings. The zero-order chi connectivity index (χ0) is 13.4. The third-order valence-electron chi connectivity index (χ3n) is 2.50. The Hall–Kier alpha value is -1.05. The number of aryl methyl sites for hydroxylation is 1. The maximum absolute atomic E-state index is 13.7. The lowest BCUT2D eigenvalue weighted by Crippen LogP contribution is -2.18. The molecule has 18 heavy (non-hydrogen) atoms. The largest absolute Gasteiger partial charge is 0.319 e. The summed E-state index contributed by atoms with van der Waals surface area (Å²) in [5.74, 6) is -1.41. The van der Waals surface area contributed by atoms with Crippen molar-refractivity contribution in [1.82, 2.24) is 15.0 Å². The summed E-state index contributed by atoms with van der Waals surface area (Å²) in [4.78, 5) is 0. The van der Waals surface area contributed by atoms with Crippen molar-refractivity contribution in [3.63, 3.8) is 0 Å². The first-order valence-electron chi connectivity index (χ1n) is 4.87. The Morgan fingerprint density at radius 1 is 1.39 bits per heavy atom. The van der Waals surface area contributed by atoms with E-state index in [1.54, 1.807) is 7.05 Å². The molecule has 0 bridgehead atoms. The van der Waals surface area contributed by atoms with Crippen LogP contribution in [-0.4, -0.2) is 15.0 Å². The van der Waals surface area contributed by atoms with Crippen LogP contribution in [0.15, 0.2) is 16.7 Å². The first-order chi connectivity index (χ1) is 8.41. The summed E-state index contributed by atoms with van der Waals surface area (Å²) in [5.41, 5.74) is 6.33. The summed E-state index contributed by atoms with van der Waals surface area (Å²) in [7, 11) is 1.61. The molecule has 1 atom stereocenters. The Morgan fingerprint density at radius 2 is 2.06 bits per heavy atom. The lowest BCUT2D eigenvalue weighted by Gasteiger charge is -2.14. The van der Waals surface area contributed by atoms with E-state index in [1.807, 2.05) is 0 Å². The maximum Gasteiger partial charge on any atom is 0.153 e. The molecule has 0 spiro atoms. The highest BCUT2D eigenvalue weighted by atomic mass is 79.9. The third-order valence-corrected chi connectivity index (χ3v) is 3.35. The van der Waals surface area contributed by atoms with Gasteiger partial charge in [-0.1, -0.05) is 16.8 Å². The molecule has 1 aromatic heterocycles. The molecule has 0 amide bonds. The Labute approximate surface area is 115 Å². The smallest absolute Gasteiger partial charge is 0.153 e. The first-order valence-corrected chi connectivity index (χ1v) is 6.04. The van der Waals surface area contributed by atoms with Crippen LogP contribution in [0.3, 0.4) is 0 Å². The Morgan fingerprint density at radius 3 is 2.61 bits per heavy atom. The average Bonchev–Trinajstić information content (AvgIpc) is 2.63.